The molecule has 1 aliphatic heterocycles. The van der Waals surface area contributed by atoms with Crippen LogP contribution in [0.1, 0.15) is 19.4 Å². The van der Waals surface area contributed by atoms with Gasteiger partial charge in [-0.25, -0.2) is 4.98 Å². The Labute approximate surface area is 184 Å². The standard InChI is InChI=1S/C23H30N8/c1-3-29(4-2)22-26-21(25-18-19-10-6-5-7-11-19)27-23(28-22)31-16-14-30(15-17-31)20-12-8-9-13-24-20/h5-13H,3-4,14-18H2,1-2H3,(H,25,26,27,28). The van der Waals surface area contributed by atoms with E-state index in [1.165, 1.54) is 5.56 Å². The molecule has 0 unspecified atom stereocenters. The molecule has 1 aliphatic rings. The SMILES string of the molecule is CCN(CC)c1nc(NCc2ccccc2)nc(N2CCN(c3ccccn3)CC2)n1. The van der Waals surface area contributed by atoms with Gasteiger partial charge in [0.25, 0.3) is 0 Å². The van der Waals surface area contributed by atoms with E-state index < -0.39 is 0 Å². The quantitative estimate of drug-likeness (QED) is 0.598. The van der Waals surface area contributed by atoms with Gasteiger partial charge in [0.05, 0.1) is 0 Å². The van der Waals surface area contributed by atoms with E-state index in [-0.39, 0.29) is 0 Å². The van der Waals surface area contributed by atoms with Crippen molar-refractivity contribution < 1.29 is 0 Å². The molecule has 0 saturated carbocycles. The molecular weight excluding hydrogens is 388 g/mol. The summed E-state index contributed by atoms with van der Waals surface area (Å²) in [5, 5.41) is 3.38. The highest BCUT2D eigenvalue weighted by molar-refractivity contribution is 5.47. The van der Waals surface area contributed by atoms with Crippen molar-refractivity contribution >= 4 is 23.7 Å². The zero-order chi connectivity index (χ0) is 21.5. The summed E-state index contributed by atoms with van der Waals surface area (Å²) in [5.41, 5.74) is 1.19. The van der Waals surface area contributed by atoms with Crippen LogP contribution in [0.5, 0.6) is 0 Å². The van der Waals surface area contributed by atoms with Crippen molar-refractivity contribution in [2.75, 3.05) is 59.3 Å². The van der Waals surface area contributed by atoms with Crippen LogP contribution in [0.4, 0.5) is 23.7 Å². The maximum absolute atomic E-state index is 4.81. The molecule has 1 fully saturated rings. The molecular formula is C23H30N8. The number of hydrogen-bond acceptors (Lipinski definition) is 8. The second kappa shape index (κ2) is 10.1. The van der Waals surface area contributed by atoms with Gasteiger partial charge in [-0.3, -0.25) is 0 Å². The van der Waals surface area contributed by atoms with Gasteiger partial charge in [0.15, 0.2) is 0 Å². The number of pyridine rings is 1. The molecule has 31 heavy (non-hydrogen) atoms. The fraction of sp³-hybridized carbons (Fsp3) is 0.391. The maximum atomic E-state index is 4.81. The molecule has 0 atom stereocenters. The van der Waals surface area contributed by atoms with Gasteiger partial charge >= 0.3 is 0 Å². The van der Waals surface area contributed by atoms with E-state index >= 15 is 0 Å². The van der Waals surface area contributed by atoms with Crippen LogP contribution >= 0.6 is 0 Å². The van der Waals surface area contributed by atoms with Crippen molar-refractivity contribution in [3.8, 4) is 0 Å². The van der Waals surface area contributed by atoms with Gasteiger partial charge in [0, 0.05) is 52.0 Å². The van der Waals surface area contributed by atoms with Crippen molar-refractivity contribution in [1.82, 2.24) is 19.9 Å². The Morgan fingerprint density at radius 3 is 2.23 bits per heavy atom. The van der Waals surface area contributed by atoms with Crippen LogP contribution in [0.15, 0.2) is 54.7 Å². The maximum Gasteiger partial charge on any atom is 0.232 e. The lowest BCUT2D eigenvalue weighted by Crippen LogP contribution is -2.47. The molecule has 1 aromatic carbocycles. The molecule has 0 amide bonds. The molecule has 8 heteroatoms. The lowest BCUT2D eigenvalue weighted by Gasteiger charge is -2.35. The van der Waals surface area contributed by atoms with Crippen molar-refractivity contribution in [3.63, 3.8) is 0 Å². The number of aromatic nitrogens is 4. The van der Waals surface area contributed by atoms with Gasteiger partial charge in [-0.2, -0.15) is 15.0 Å². The summed E-state index contributed by atoms with van der Waals surface area (Å²) in [7, 11) is 0. The van der Waals surface area contributed by atoms with Crippen LogP contribution < -0.4 is 20.0 Å². The van der Waals surface area contributed by atoms with Crippen LogP contribution in [0.3, 0.4) is 0 Å². The van der Waals surface area contributed by atoms with Gasteiger partial charge in [0.1, 0.15) is 5.82 Å². The monoisotopic (exact) mass is 418 g/mol. The zero-order valence-electron chi connectivity index (χ0n) is 18.3. The molecule has 3 aromatic rings. The Morgan fingerprint density at radius 2 is 1.55 bits per heavy atom. The van der Waals surface area contributed by atoms with E-state index in [1.807, 2.05) is 36.5 Å². The summed E-state index contributed by atoms with van der Waals surface area (Å²) in [6.07, 6.45) is 1.84. The molecule has 1 saturated heterocycles. The molecule has 4 rings (SSSR count). The molecule has 2 aromatic heterocycles. The number of benzene rings is 1. The van der Waals surface area contributed by atoms with E-state index in [0.29, 0.717) is 12.5 Å². The fourth-order valence-corrected chi connectivity index (χ4v) is 3.68. The topological polar surface area (TPSA) is 73.3 Å². The van der Waals surface area contributed by atoms with Crippen LogP contribution in [-0.4, -0.2) is 59.2 Å². The minimum absolute atomic E-state index is 0.614. The van der Waals surface area contributed by atoms with E-state index in [1.54, 1.807) is 0 Å². The number of anilines is 4. The second-order valence-electron chi connectivity index (χ2n) is 7.43. The summed E-state index contributed by atoms with van der Waals surface area (Å²) < 4.78 is 0. The molecule has 0 radical (unpaired) electrons. The van der Waals surface area contributed by atoms with Gasteiger partial charge in [-0.05, 0) is 31.5 Å². The van der Waals surface area contributed by atoms with Crippen LogP contribution in [-0.2, 0) is 6.54 Å². The smallest absolute Gasteiger partial charge is 0.232 e. The Balaban J connectivity index is 1.51. The van der Waals surface area contributed by atoms with Crippen LogP contribution in [0.25, 0.3) is 0 Å². The number of hydrogen-bond donors (Lipinski definition) is 1. The molecule has 0 aliphatic carbocycles. The summed E-state index contributed by atoms with van der Waals surface area (Å²) in [6.45, 7) is 10.1. The summed E-state index contributed by atoms with van der Waals surface area (Å²) in [6, 6.07) is 16.3. The number of piperazine rings is 1. The van der Waals surface area contributed by atoms with Gasteiger partial charge in [-0.15, -0.1) is 0 Å². The van der Waals surface area contributed by atoms with E-state index in [2.05, 4.69) is 57.0 Å². The Bertz CT molecular complexity index is 938. The average Bonchev–Trinajstić information content (AvgIpc) is 2.85. The lowest BCUT2D eigenvalue weighted by atomic mass is 10.2. The minimum atomic E-state index is 0.614. The van der Waals surface area contributed by atoms with Gasteiger partial charge in [-0.1, -0.05) is 36.4 Å². The van der Waals surface area contributed by atoms with Crippen molar-refractivity contribution in [2.24, 2.45) is 0 Å². The Hall–Kier alpha value is -3.42. The number of nitrogens with zero attached hydrogens (tertiary/aromatic N) is 7. The predicted octanol–water partition coefficient (Wildman–Crippen LogP) is 3.05. The molecule has 8 nitrogen and oxygen atoms in total. The van der Waals surface area contributed by atoms with Crippen LogP contribution in [0, 0.1) is 0 Å². The second-order valence-corrected chi connectivity index (χ2v) is 7.43. The normalized spacial score (nSPS) is 13.9. The molecule has 0 spiro atoms. The average molecular weight is 419 g/mol. The predicted molar refractivity (Wildman–Crippen MR) is 126 cm³/mol. The molecule has 1 N–H and O–H groups in total. The van der Waals surface area contributed by atoms with Crippen LogP contribution in [0.2, 0.25) is 0 Å². The van der Waals surface area contributed by atoms with Crippen molar-refractivity contribution in [3.05, 3.63) is 60.3 Å². The first-order valence-electron chi connectivity index (χ1n) is 11.0. The highest BCUT2D eigenvalue weighted by atomic mass is 15.4. The number of nitrogens with one attached hydrogen (secondary N) is 1. The number of rotatable bonds is 8. The molecule has 0 bridgehead atoms. The Kier molecular flexibility index (Phi) is 6.76. The first-order chi connectivity index (χ1) is 15.3. The third kappa shape index (κ3) is 5.20. The highest BCUT2D eigenvalue weighted by Gasteiger charge is 2.22. The van der Waals surface area contributed by atoms with E-state index in [4.69, 9.17) is 15.0 Å². The minimum Gasteiger partial charge on any atom is -0.353 e. The third-order valence-electron chi connectivity index (χ3n) is 5.49. The Morgan fingerprint density at radius 1 is 0.839 bits per heavy atom. The van der Waals surface area contributed by atoms with E-state index in [9.17, 15) is 0 Å². The third-order valence-corrected chi connectivity index (χ3v) is 5.49. The first-order valence-corrected chi connectivity index (χ1v) is 11.0. The summed E-state index contributed by atoms with van der Waals surface area (Å²) in [5.74, 6) is 3.08. The van der Waals surface area contributed by atoms with Crippen molar-refractivity contribution in [2.45, 2.75) is 20.4 Å². The summed E-state index contributed by atoms with van der Waals surface area (Å²) >= 11 is 0. The highest BCUT2D eigenvalue weighted by Crippen LogP contribution is 2.20. The zero-order valence-corrected chi connectivity index (χ0v) is 18.3. The fourth-order valence-electron chi connectivity index (χ4n) is 3.68. The van der Waals surface area contributed by atoms with Gasteiger partial charge < -0.3 is 20.0 Å². The van der Waals surface area contributed by atoms with Crippen molar-refractivity contribution in [1.29, 1.82) is 0 Å². The lowest BCUT2D eigenvalue weighted by molar-refractivity contribution is 0.632. The first kappa shape index (κ1) is 20.8. The molecule has 162 valence electrons. The van der Waals surface area contributed by atoms with E-state index in [0.717, 1.165) is 57.0 Å². The summed E-state index contributed by atoms with van der Waals surface area (Å²) in [4.78, 5) is 25.4. The molecule has 3 heterocycles. The van der Waals surface area contributed by atoms with Gasteiger partial charge in [0.2, 0.25) is 17.8 Å². The largest absolute Gasteiger partial charge is 0.353 e.